The van der Waals surface area contributed by atoms with Gasteiger partial charge in [-0.2, -0.15) is 0 Å². The van der Waals surface area contributed by atoms with Crippen LogP contribution in [0.15, 0.2) is 36.7 Å². The van der Waals surface area contributed by atoms with Crippen molar-refractivity contribution in [2.45, 2.75) is 38.1 Å². The van der Waals surface area contributed by atoms with Crippen LogP contribution in [0.3, 0.4) is 0 Å². The molecule has 1 fully saturated rings. The highest BCUT2D eigenvalue weighted by atomic mass is 16.2. The molecule has 2 aromatic rings. The van der Waals surface area contributed by atoms with E-state index in [1.54, 1.807) is 46.2 Å². The molecule has 8 nitrogen and oxygen atoms in total. The molecule has 1 aromatic heterocycles. The van der Waals surface area contributed by atoms with E-state index in [9.17, 15) is 14.4 Å². The summed E-state index contributed by atoms with van der Waals surface area (Å²) in [6, 6.07) is 6.19. The smallest absolute Gasteiger partial charge is 0.251 e. The lowest BCUT2D eigenvalue weighted by Crippen LogP contribution is -2.50. The summed E-state index contributed by atoms with van der Waals surface area (Å²) in [6.07, 6.45) is 7.67. The molecule has 2 heterocycles. The standard InChI is InChI=1S/C19H23N5O3/c25-14-4-5-17(19(27)23-11-2-1-3-12-23)21-18(26)15-6-8-16(9-7-15)24-13-10-20-22-24/h6-10,13-14,17H,1-5,11-12H2,(H,21,26)/t17-/m0/s1. The van der Waals surface area contributed by atoms with Crippen molar-refractivity contribution in [1.82, 2.24) is 25.2 Å². The van der Waals surface area contributed by atoms with Crippen LogP contribution in [0.1, 0.15) is 42.5 Å². The summed E-state index contributed by atoms with van der Waals surface area (Å²) >= 11 is 0. The van der Waals surface area contributed by atoms with Crippen LogP contribution in [0.25, 0.3) is 5.69 Å². The second-order valence-electron chi connectivity index (χ2n) is 6.55. The first-order valence-electron chi connectivity index (χ1n) is 9.19. The average molecular weight is 369 g/mol. The van der Waals surface area contributed by atoms with E-state index in [0.717, 1.165) is 31.2 Å². The zero-order valence-electron chi connectivity index (χ0n) is 15.1. The summed E-state index contributed by atoms with van der Waals surface area (Å²) in [5, 5.41) is 10.4. The van der Waals surface area contributed by atoms with Crippen LogP contribution >= 0.6 is 0 Å². The molecule has 0 bridgehead atoms. The number of piperidine rings is 1. The van der Waals surface area contributed by atoms with Gasteiger partial charge in [0, 0.05) is 25.1 Å². The Balaban J connectivity index is 1.67. The number of carbonyl (C=O) groups is 3. The van der Waals surface area contributed by atoms with E-state index >= 15 is 0 Å². The van der Waals surface area contributed by atoms with Crippen LogP contribution < -0.4 is 5.32 Å². The predicted molar refractivity (Wildman–Crippen MR) is 98.3 cm³/mol. The van der Waals surface area contributed by atoms with Gasteiger partial charge in [0.25, 0.3) is 5.91 Å². The van der Waals surface area contributed by atoms with Crippen molar-refractivity contribution >= 4 is 18.1 Å². The minimum atomic E-state index is -0.684. The van der Waals surface area contributed by atoms with Crippen molar-refractivity contribution in [3.63, 3.8) is 0 Å². The molecule has 2 amide bonds. The highest BCUT2D eigenvalue weighted by Gasteiger charge is 2.27. The van der Waals surface area contributed by atoms with Crippen molar-refractivity contribution in [3.05, 3.63) is 42.2 Å². The lowest BCUT2D eigenvalue weighted by Gasteiger charge is -2.30. The molecule has 8 heteroatoms. The van der Waals surface area contributed by atoms with Crippen LogP contribution in [0, 0.1) is 0 Å². The largest absolute Gasteiger partial charge is 0.341 e. The van der Waals surface area contributed by atoms with Gasteiger partial charge in [0.1, 0.15) is 12.3 Å². The number of nitrogens with one attached hydrogen (secondary N) is 1. The van der Waals surface area contributed by atoms with E-state index < -0.39 is 6.04 Å². The molecule has 0 saturated carbocycles. The maximum absolute atomic E-state index is 12.8. The second kappa shape index (κ2) is 9.07. The predicted octanol–water partition coefficient (Wildman–Crippen LogP) is 1.36. The molecule has 0 spiro atoms. The van der Waals surface area contributed by atoms with Crippen molar-refractivity contribution in [1.29, 1.82) is 0 Å². The Hall–Kier alpha value is -3.03. The summed E-state index contributed by atoms with van der Waals surface area (Å²) in [7, 11) is 0. The van der Waals surface area contributed by atoms with Gasteiger partial charge in [-0.3, -0.25) is 9.59 Å². The molecule has 1 aromatic carbocycles. The third-order valence-electron chi connectivity index (χ3n) is 4.66. The van der Waals surface area contributed by atoms with Crippen molar-refractivity contribution in [3.8, 4) is 5.69 Å². The van der Waals surface area contributed by atoms with E-state index in [4.69, 9.17) is 0 Å². The van der Waals surface area contributed by atoms with Crippen LogP contribution in [0.4, 0.5) is 0 Å². The number of aromatic nitrogens is 3. The lowest BCUT2D eigenvalue weighted by atomic mass is 10.1. The van der Waals surface area contributed by atoms with Gasteiger partial charge in [-0.15, -0.1) is 5.10 Å². The van der Waals surface area contributed by atoms with Gasteiger partial charge in [0.2, 0.25) is 5.91 Å². The number of nitrogens with zero attached hydrogens (tertiary/aromatic N) is 4. The van der Waals surface area contributed by atoms with Crippen LogP contribution in [0.5, 0.6) is 0 Å². The Kier molecular flexibility index (Phi) is 6.30. The molecule has 0 aliphatic carbocycles. The topological polar surface area (TPSA) is 97.2 Å². The average Bonchev–Trinajstić information content (AvgIpc) is 3.26. The number of rotatable bonds is 7. The zero-order valence-corrected chi connectivity index (χ0v) is 15.1. The van der Waals surface area contributed by atoms with E-state index in [-0.39, 0.29) is 18.2 Å². The zero-order chi connectivity index (χ0) is 19.1. The summed E-state index contributed by atoms with van der Waals surface area (Å²) in [6.45, 7) is 1.41. The quantitative estimate of drug-likeness (QED) is 0.743. The molecule has 27 heavy (non-hydrogen) atoms. The highest BCUT2D eigenvalue weighted by Crippen LogP contribution is 2.13. The first-order chi connectivity index (χ1) is 13.2. The number of benzene rings is 1. The third-order valence-corrected chi connectivity index (χ3v) is 4.66. The number of carbonyl (C=O) groups excluding carboxylic acids is 3. The van der Waals surface area contributed by atoms with Gasteiger partial charge in [0.05, 0.1) is 18.1 Å². The molecule has 1 aliphatic rings. The number of hydrogen-bond donors (Lipinski definition) is 1. The Labute approximate surface area is 157 Å². The van der Waals surface area contributed by atoms with Crippen molar-refractivity contribution < 1.29 is 14.4 Å². The Morgan fingerprint density at radius 3 is 2.52 bits per heavy atom. The monoisotopic (exact) mass is 369 g/mol. The maximum Gasteiger partial charge on any atom is 0.251 e. The van der Waals surface area contributed by atoms with Gasteiger partial charge in [-0.1, -0.05) is 5.21 Å². The number of amides is 2. The van der Waals surface area contributed by atoms with Crippen LogP contribution in [-0.4, -0.2) is 57.1 Å². The summed E-state index contributed by atoms with van der Waals surface area (Å²) < 4.78 is 1.59. The van der Waals surface area contributed by atoms with Gasteiger partial charge in [-0.25, -0.2) is 4.68 Å². The third kappa shape index (κ3) is 4.78. The normalized spacial score (nSPS) is 15.2. The van der Waals surface area contributed by atoms with Gasteiger partial charge >= 0.3 is 0 Å². The van der Waals surface area contributed by atoms with E-state index in [1.165, 1.54) is 0 Å². The molecule has 1 atom stereocenters. The van der Waals surface area contributed by atoms with E-state index in [0.29, 0.717) is 25.1 Å². The molecule has 0 unspecified atom stereocenters. The molecule has 1 N–H and O–H groups in total. The molecule has 142 valence electrons. The van der Waals surface area contributed by atoms with Gasteiger partial charge < -0.3 is 15.0 Å². The molecule has 1 aliphatic heterocycles. The summed E-state index contributed by atoms with van der Waals surface area (Å²) in [5.74, 6) is -0.439. The Morgan fingerprint density at radius 1 is 1.15 bits per heavy atom. The van der Waals surface area contributed by atoms with Crippen LogP contribution in [-0.2, 0) is 9.59 Å². The fourth-order valence-electron chi connectivity index (χ4n) is 3.18. The van der Waals surface area contributed by atoms with Crippen molar-refractivity contribution in [2.75, 3.05) is 13.1 Å². The number of aldehydes is 1. The number of hydrogen-bond acceptors (Lipinski definition) is 5. The number of likely N-dealkylation sites (tertiary alicyclic amines) is 1. The Bertz CT molecular complexity index is 767. The first kappa shape index (κ1) is 18.8. The first-order valence-corrected chi connectivity index (χ1v) is 9.19. The highest BCUT2D eigenvalue weighted by molar-refractivity contribution is 5.97. The molecule has 3 rings (SSSR count). The van der Waals surface area contributed by atoms with E-state index in [2.05, 4.69) is 15.6 Å². The molecule has 0 radical (unpaired) electrons. The van der Waals surface area contributed by atoms with E-state index in [1.807, 2.05) is 0 Å². The molecular formula is C19H23N5O3. The SMILES string of the molecule is O=CCC[C@H](NC(=O)c1ccc(-n2ccnn2)cc1)C(=O)N1CCCCC1. The van der Waals surface area contributed by atoms with Crippen molar-refractivity contribution in [2.24, 2.45) is 0 Å². The molecule has 1 saturated heterocycles. The fraction of sp³-hybridized carbons (Fsp3) is 0.421. The summed E-state index contributed by atoms with van der Waals surface area (Å²) in [4.78, 5) is 37.9. The lowest BCUT2D eigenvalue weighted by molar-refractivity contribution is -0.134. The second-order valence-corrected chi connectivity index (χ2v) is 6.55. The van der Waals surface area contributed by atoms with Crippen LogP contribution in [0.2, 0.25) is 0 Å². The Morgan fingerprint density at radius 2 is 1.89 bits per heavy atom. The molecular weight excluding hydrogens is 346 g/mol. The summed E-state index contributed by atoms with van der Waals surface area (Å²) in [5.41, 5.74) is 1.23. The fourth-order valence-corrected chi connectivity index (χ4v) is 3.18. The minimum absolute atomic E-state index is 0.107. The van der Waals surface area contributed by atoms with Gasteiger partial charge in [0.15, 0.2) is 0 Å². The van der Waals surface area contributed by atoms with Gasteiger partial charge in [-0.05, 0) is 49.9 Å². The minimum Gasteiger partial charge on any atom is -0.341 e. The maximum atomic E-state index is 12.8.